The highest BCUT2D eigenvalue weighted by Gasteiger charge is 2.37. The van der Waals surface area contributed by atoms with Crippen LogP contribution in [0.1, 0.15) is 53.8 Å². The van der Waals surface area contributed by atoms with E-state index in [1.807, 2.05) is 17.7 Å². The fraction of sp³-hybridized carbons (Fsp3) is 0.632. The summed E-state index contributed by atoms with van der Waals surface area (Å²) in [5.41, 5.74) is 0.658. The predicted octanol–water partition coefficient (Wildman–Crippen LogP) is 1.97. The van der Waals surface area contributed by atoms with Crippen molar-refractivity contribution in [1.29, 1.82) is 0 Å². The first-order valence-electron chi connectivity index (χ1n) is 9.42. The van der Waals surface area contributed by atoms with Crippen molar-refractivity contribution >= 4 is 5.91 Å². The van der Waals surface area contributed by atoms with Crippen molar-refractivity contribution in [3.8, 4) is 0 Å². The third-order valence-corrected chi connectivity index (χ3v) is 5.86. The summed E-state index contributed by atoms with van der Waals surface area (Å²) < 4.78 is 7.38. The molecule has 0 unspecified atom stereocenters. The number of carbonyl (C=O) groups excluding carboxylic acids is 1. The summed E-state index contributed by atoms with van der Waals surface area (Å²) in [7, 11) is 0. The highest BCUT2D eigenvalue weighted by molar-refractivity contribution is 5.94. The van der Waals surface area contributed by atoms with E-state index in [2.05, 4.69) is 17.1 Å². The molecule has 1 fully saturated rings. The molecule has 0 bridgehead atoms. The lowest BCUT2D eigenvalue weighted by molar-refractivity contribution is -0.0297. The van der Waals surface area contributed by atoms with Gasteiger partial charge < -0.3 is 19.1 Å². The Labute approximate surface area is 153 Å². The van der Waals surface area contributed by atoms with Gasteiger partial charge in [0.2, 0.25) is 0 Å². The number of fused-ring (bicyclic) bond motifs is 1. The normalized spacial score (nSPS) is 22.3. The van der Waals surface area contributed by atoms with Gasteiger partial charge in [0.05, 0.1) is 12.1 Å². The van der Waals surface area contributed by atoms with E-state index in [1.165, 1.54) is 0 Å². The molecule has 26 heavy (non-hydrogen) atoms. The number of aromatic nitrogens is 3. The Bertz CT molecular complexity index is 802. The van der Waals surface area contributed by atoms with E-state index in [1.54, 1.807) is 11.1 Å². The van der Waals surface area contributed by atoms with Gasteiger partial charge in [-0.05, 0) is 38.5 Å². The second-order valence-corrected chi connectivity index (χ2v) is 7.90. The Morgan fingerprint density at radius 2 is 2.19 bits per heavy atom. The number of carbonyl (C=O) groups is 1. The first-order chi connectivity index (χ1) is 12.5. The minimum Gasteiger partial charge on any atom is -0.388 e. The first-order valence-corrected chi connectivity index (χ1v) is 9.42. The average Bonchev–Trinajstić information content (AvgIpc) is 3.21. The number of aliphatic hydroxyl groups is 1. The molecule has 1 aliphatic carbocycles. The number of hydrogen-bond acceptors (Lipinski definition) is 5. The summed E-state index contributed by atoms with van der Waals surface area (Å²) in [4.78, 5) is 18.9. The SMILES string of the molecule is Cc1nccn1CC1(O)CCN(C(=O)c2noc3c2C[C@H](C)CC3)CC1. The number of aryl methyl sites for hydroxylation is 2. The van der Waals surface area contributed by atoms with Gasteiger partial charge in [-0.3, -0.25) is 4.79 Å². The Morgan fingerprint density at radius 3 is 2.88 bits per heavy atom. The Kier molecular flexibility index (Phi) is 4.34. The third kappa shape index (κ3) is 3.16. The van der Waals surface area contributed by atoms with E-state index in [9.17, 15) is 9.90 Å². The van der Waals surface area contributed by atoms with Crippen molar-refractivity contribution in [1.82, 2.24) is 19.6 Å². The van der Waals surface area contributed by atoms with Crippen LogP contribution < -0.4 is 0 Å². The molecule has 1 atom stereocenters. The van der Waals surface area contributed by atoms with Gasteiger partial charge in [0.1, 0.15) is 11.6 Å². The van der Waals surface area contributed by atoms with Gasteiger partial charge in [0.25, 0.3) is 5.91 Å². The molecule has 7 nitrogen and oxygen atoms in total. The summed E-state index contributed by atoms with van der Waals surface area (Å²) in [6.45, 7) is 5.69. The van der Waals surface area contributed by atoms with Crippen LogP contribution in [-0.4, -0.2) is 49.3 Å². The molecule has 1 N–H and O–H groups in total. The first kappa shape index (κ1) is 17.3. The molecule has 7 heteroatoms. The fourth-order valence-corrected chi connectivity index (χ4v) is 4.07. The Balaban J connectivity index is 1.43. The number of hydrogen-bond donors (Lipinski definition) is 1. The highest BCUT2D eigenvalue weighted by Crippen LogP contribution is 2.30. The molecular weight excluding hydrogens is 332 g/mol. The summed E-state index contributed by atoms with van der Waals surface area (Å²) in [6.07, 6.45) is 7.53. The van der Waals surface area contributed by atoms with Crippen LogP contribution in [0.15, 0.2) is 16.9 Å². The van der Waals surface area contributed by atoms with Crippen molar-refractivity contribution in [2.45, 2.75) is 58.1 Å². The molecule has 2 aromatic rings. The van der Waals surface area contributed by atoms with E-state index in [0.717, 1.165) is 36.4 Å². The summed E-state index contributed by atoms with van der Waals surface area (Å²) >= 11 is 0. The maximum Gasteiger partial charge on any atom is 0.276 e. The van der Waals surface area contributed by atoms with Crippen molar-refractivity contribution in [3.63, 3.8) is 0 Å². The van der Waals surface area contributed by atoms with Crippen molar-refractivity contribution in [2.75, 3.05) is 13.1 Å². The fourth-order valence-electron chi connectivity index (χ4n) is 4.07. The van der Waals surface area contributed by atoms with Crippen LogP contribution in [-0.2, 0) is 19.4 Å². The van der Waals surface area contributed by atoms with E-state index in [4.69, 9.17) is 4.52 Å². The van der Waals surface area contributed by atoms with Crippen LogP contribution in [0.4, 0.5) is 0 Å². The maximum absolute atomic E-state index is 12.9. The Morgan fingerprint density at radius 1 is 1.42 bits per heavy atom. The third-order valence-electron chi connectivity index (χ3n) is 5.86. The lowest BCUT2D eigenvalue weighted by atomic mass is 9.87. The minimum absolute atomic E-state index is 0.0649. The van der Waals surface area contributed by atoms with Gasteiger partial charge >= 0.3 is 0 Å². The molecule has 0 spiro atoms. The molecule has 1 aliphatic heterocycles. The quantitative estimate of drug-likeness (QED) is 0.907. The Hall–Kier alpha value is -2.15. The molecule has 1 amide bonds. The lowest BCUT2D eigenvalue weighted by Crippen LogP contribution is -2.49. The van der Waals surface area contributed by atoms with Crippen LogP contribution in [0.2, 0.25) is 0 Å². The monoisotopic (exact) mass is 358 g/mol. The van der Waals surface area contributed by atoms with Crippen molar-refractivity contribution in [2.24, 2.45) is 5.92 Å². The van der Waals surface area contributed by atoms with Crippen LogP contribution >= 0.6 is 0 Å². The van der Waals surface area contributed by atoms with Crippen LogP contribution in [0.5, 0.6) is 0 Å². The molecule has 3 heterocycles. The number of imidazole rings is 1. The van der Waals surface area contributed by atoms with Gasteiger partial charge in [-0.25, -0.2) is 4.98 Å². The summed E-state index contributed by atoms with van der Waals surface area (Å²) in [6, 6.07) is 0. The van der Waals surface area contributed by atoms with Gasteiger partial charge in [-0.1, -0.05) is 12.1 Å². The number of nitrogens with zero attached hydrogens (tertiary/aromatic N) is 4. The standard InChI is InChI=1S/C19H26N4O3/c1-13-3-4-16-15(11-13)17(21-26-16)18(24)22-8-5-19(25,6-9-22)12-23-10-7-20-14(23)2/h7,10,13,25H,3-6,8-9,11-12H2,1-2H3/t13-/m1/s1. The van der Waals surface area contributed by atoms with Gasteiger partial charge in [0.15, 0.2) is 5.69 Å². The van der Waals surface area contributed by atoms with Crippen LogP contribution in [0, 0.1) is 12.8 Å². The second kappa shape index (κ2) is 6.54. The number of piperidine rings is 1. The molecule has 140 valence electrons. The van der Waals surface area contributed by atoms with Gasteiger partial charge in [-0.2, -0.15) is 0 Å². The largest absolute Gasteiger partial charge is 0.388 e. The van der Waals surface area contributed by atoms with Gasteiger partial charge in [-0.15, -0.1) is 0 Å². The second-order valence-electron chi connectivity index (χ2n) is 7.90. The molecule has 0 saturated carbocycles. The predicted molar refractivity (Wildman–Crippen MR) is 94.7 cm³/mol. The molecule has 0 aromatic carbocycles. The number of amides is 1. The van der Waals surface area contributed by atoms with E-state index >= 15 is 0 Å². The molecule has 4 rings (SSSR count). The summed E-state index contributed by atoms with van der Waals surface area (Å²) in [5.74, 6) is 2.25. The molecular formula is C19H26N4O3. The maximum atomic E-state index is 12.9. The molecule has 0 radical (unpaired) electrons. The zero-order chi connectivity index (χ0) is 18.3. The van der Waals surface area contributed by atoms with E-state index in [0.29, 0.717) is 44.1 Å². The van der Waals surface area contributed by atoms with Crippen LogP contribution in [0.3, 0.4) is 0 Å². The zero-order valence-corrected chi connectivity index (χ0v) is 15.4. The topological polar surface area (TPSA) is 84.4 Å². The lowest BCUT2D eigenvalue weighted by Gasteiger charge is -2.38. The van der Waals surface area contributed by atoms with Crippen molar-refractivity contribution < 1.29 is 14.4 Å². The summed E-state index contributed by atoms with van der Waals surface area (Å²) in [5, 5.41) is 15.0. The van der Waals surface area contributed by atoms with Gasteiger partial charge in [0, 0.05) is 37.5 Å². The molecule has 2 aromatic heterocycles. The van der Waals surface area contributed by atoms with Crippen molar-refractivity contribution in [3.05, 3.63) is 35.2 Å². The van der Waals surface area contributed by atoms with Crippen LogP contribution in [0.25, 0.3) is 0 Å². The molecule has 1 saturated heterocycles. The minimum atomic E-state index is -0.806. The van der Waals surface area contributed by atoms with E-state index < -0.39 is 5.60 Å². The smallest absolute Gasteiger partial charge is 0.276 e. The average molecular weight is 358 g/mol. The van der Waals surface area contributed by atoms with E-state index in [-0.39, 0.29) is 5.91 Å². The number of likely N-dealkylation sites (tertiary alicyclic amines) is 1. The molecule has 2 aliphatic rings. The zero-order valence-electron chi connectivity index (χ0n) is 15.4. The highest BCUT2D eigenvalue weighted by atomic mass is 16.5. The number of rotatable bonds is 3.